The Balaban J connectivity index is 0. The lowest BCUT2D eigenvalue weighted by Crippen LogP contribution is -2.32. The van der Waals surface area contributed by atoms with Crippen LogP contribution in [0.3, 0.4) is 0 Å². The molecule has 0 spiro atoms. The van der Waals surface area contributed by atoms with E-state index in [0.717, 1.165) is 0 Å². The molecule has 0 saturated carbocycles. The first-order chi connectivity index (χ1) is 3.39. The number of rotatable bonds is 0. The minimum Gasteiger partial charge on any atom is -0.294 e. The van der Waals surface area contributed by atoms with E-state index in [-0.39, 0.29) is 24.8 Å². The summed E-state index contributed by atoms with van der Waals surface area (Å²) in [6.45, 7) is 0.656. The highest BCUT2D eigenvalue weighted by molar-refractivity contribution is 5.85. The fourth-order valence-electron chi connectivity index (χ4n) is 0.321. The third-order valence-corrected chi connectivity index (χ3v) is 0.641. The van der Waals surface area contributed by atoms with Crippen molar-refractivity contribution in [3.63, 3.8) is 0 Å². The molecule has 1 aliphatic rings. The third-order valence-electron chi connectivity index (χ3n) is 0.641. The normalized spacial score (nSPS) is 14.1. The zero-order chi connectivity index (χ0) is 5.11. The quantitative estimate of drug-likeness (QED) is 0.523. The molecular formula is C3H8Cl2N4. The van der Waals surface area contributed by atoms with Gasteiger partial charge in [0.25, 0.3) is 0 Å². The molecule has 2 N–H and O–H groups in total. The van der Waals surface area contributed by atoms with Crippen LogP contribution in [0.2, 0.25) is 0 Å². The Morgan fingerprint density at radius 3 is 2.22 bits per heavy atom. The highest BCUT2D eigenvalue weighted by atomic mass is 35.5. The van der Waals surface area contributed by atoms with E-state index in [4.69, 9.17) is 5.84 Å². The second-order valence-corrected chi connectivity index (χ2v) is 1.23. The summed E-state index contributed by atoms with van der Waals surface area (Å²) >= 11 is 0. The lowest BCUT2D eigenvalue weighted by molar-refractivity contribution is 0.514. The largest absolute Gasteiger partial charge is 0.294 e. The van der Waals surface area contributed by atoms with Gasteiger partial charge in [0.05, 0.1) is 6.54 Å². The van der Waals surface area contributed by atoms with Gasteiger partial charge in [0.1, 0.15) is 6.34 Å². The van der Waals surface area contributed by atoms with Gasteiger partial charge in [-0.2, -0.15) is 5.10 Å². The van der Waals surface area contributed by atoms with E-state index in [9.17, 15) is 0 Å². The summed E-state index contributed by atoms with van der Waals surface area (Å²) < 4.78 is 0. The molecule has 1 rings (SSSR count). The minimum absolute atomic E-state index is 0. The van der Waals surface area contributed by atoms with E-state index in [2.05, 4.69) is 10.2 Å². The molecule has 0 aromatic heterocycles. The van der Waals surface area contributed by atoms with Crippen LogP contribution in [0.15, 0.2) is 10.2 Å². The molecule has 0 saturated heterocycles. The fraction of sp³-hybridized carbons (Fsp3) is 0.333. The molecule has 1 aliphatic heterocycles. The van der Waals surface area contributed by atoms with Crippen molar-refractivity contribution in [2.75, 3.05) is 6.54 Å². The zero-order valence-electron chi connectivity index (χ0n) is 4.60. The zero-order valence-corrected chi connectivity index (χ0v) is 6.23. The van der Waals surface area contributed by atoms with Gasteiger partial charge < -0.3 is 0 Å². The van der Waals surface area contributed by atoms with Crippen LogP contribution in [0.1, 0.15) is 0 Å². The summed E-state index contributed by atoms with van der Waals surface area (Å²) in [5, 5.41) is 8.51. The van der Waals surface area contributed by atoms with Gasteiger partial charge in [-0.15, -0.1) is 29.9 Å². The second kappa shape index (κ2) is 5.81. The highest BCUT2D eigenvalue weighted by Crippen LogP contribution is 1.77. The van der Waals surface area contributed by atoms with Gasteiger partial charge in [0, 0.05) is 6.21 Å². The van der Waals surface area contributed by atoms with Gasteiger partial charge in [-0.3, -0.25) is 5.01 Å². The van der Waals surface area contributed by atoms with Crippen LogP contribution in [0.25, 0.3) is 0 Å². The lowest BCUT2D eigenvalue weighted by Gasteiger charge is -2.08. The first-order valence-corrected chi connectivity index (χ1v) is 1.96. The maximum atomic E-state index is 5.23. The van der Waals surface area contributed by atoms with Crippen molar-refractivity contribution in [1.82, 2.24) is 5.01 Å². The van der Waals surface area contributed by atoms with Crippen molar-refractivity contribution in [2.24, 2.45) is 16.0 Å². The Bertz CT molecular complexity index is 112. The van der Waals surface area contributed by atoms with E-state index in [0.29, 0.717) is 6.54 Å². The van der Waals surface area contributed by atoms with Gasteiger partial charge in [0.2, 0.25) is 0 Å². The van der Waals surface area contributed by atoms with Crippen LogP contribution >= 0.6 is 24.8 Å². The van der Waals surface area contributed by atoms with E-state index < -0.39 is 0 Å². The lowest BCUT2D eigenvalue weighted by atomic mass is 10.7. The van der Waals surface area contributed by atoms with Crippen molar-refractivity contribution >= 4 is 37.4 Å². The van der Waals surface area contributed by atoms with Crippen LogP contribution in [-0.4, -0.2) is 24.1 Å². The number of halogens is 2. The SMILES string of the molecule is Cl.Cl.NN1C=NN=CC1. The summed E-state index contributed by atoms with van der Waals surface area (Å²) in [6.07, 6.45) is 3.11. The molecule has 9 heavy (non-hydrogen) atoms. The Hall–Kier alpha value is -0.320. The van der Waals surface area contributed by atoms with Crippen molar-refractivity contribution in [2.45, 2.75) is 0 Å². The van der Waals surface area contributed by atoms with Crippen molar-refractivity contribution in [1.29, 1.82) is 0 Å². The molecule has 0 aromatic rings. The molecule has 0 atom stereocenters. The molecule has 0 aromatic carbocycles. The fourth-order valence-corrected chi connectivity index (χ4v) is 0.321. The van der Waals surface area contributed by atoms with E-state index in [1.807, 2.05) is 0 Å². The van der Waals surface area contributed by atoms with Gasteiger partial charge in [0.15, 0.2) is 0 Å². The van der Waals surface area contributed by atoms with Gasteiger partial charge >= 0.3 is 0 Å². The Morgan fingerprint density at radius 2 is 2.00 bits per heavy atom. The second-order valence-electron chi connectivity index (χ2n) is 1.23. The topological polar surface area (TPSA) is 54.0 Å². The van der Waals surface area contributed by atoms with Crippen molar-refractivity contribution in [3.05, 3.63) is 0 Å². The number of nitrogens with two attached hydrogens (primary N) is 1. The molecule has 0 unspecified atom stereocenters. The molecule has 6 heteroatoms. The Kier molecular flexibility index (Phi) is 7.41. The molecule has 4 nitrogen and oxygen atoms in total. The van der Waals surface area contributed by atoms with Gasteiger partial charge in [-0.1, -0.05) is 0 Å². The summed E-state index contributed by atoms with van der Waals surface area (Å²) in [5.41, 5.74) is 0. The van der Waals surface area contributed by atoms with E-state index in [1.165, 1.54) is 11.3 Å². The summed E-state index contributed by atoms with van der Waals surface area (Å²) in [5.74, 6) is 5.23. The molecule has 0 bridgehead atoms. The smallest absolute Gasteiger partial charge is 0.128 e. The molecule has 0 aliphatic carbocycles. The Morgan fingerprint density at radius 1 is 1.33 bits per heavy atom. The average molecular weight is 171 g/mol. The predicted molar refractivity (Wildman–Crippen MR) is 42.4 cm³/mol. The maximum absolute atomic E-state index is 5.23. The third kappa shape index (κ3) is 4.20. The van der Waals surface area contributed by atoms with Gasteiger partial charge in [-0.05, 0) is 0 Å². The van der Waals surface area contributed by atoms with Crippen LogP contribution in [0.5, 0.6) is 0 Å². The van der Waals surface area contributed by atoms with E-state index in [1.54, 1.807) is 6.21 Å². The molecular weight excluding hydrogens is 163 g/mol. The number of nitrogens with zero attached hydrogens (tertiary/aromatic N) is 3. The van der Waals surface area contributed by atoms with Crippen molar-refractivity contribution < 1.29 is 0 Å². The molecule has 0 fully saturated rings. The number of hydrogen-bond donors (Lipinski definition) is 1. The van der Waals surface area contributed by atoms with Crippen LogP contribution in [0, 0.1) is 0 Å². The first kappa shape index (κ1) is 11.5. The highest BCUT2D eigenvalue weighted by Gasteiger charge is 1.89. The van der Waals surface area contributed by atoms with E-state index >= 15 is 0 Å². The van der Waals surface area contributed by atoms with Crippen LogP contribution < -0.4 is 5.84 Å². The molecule has 0 radical (unpaired) electrons. The Labute approximate surface area is 65.6 Å². The maximum Gasteiger partial charge on any atom is 0.128 e. The first-order valence-electron chi connectivity index (χ1n) is 1.96. The molecule has 0 amide bonds. The number of hydrogen-bond acceptors (Lipinski definition) is 4. The standard InChI is InChI=1S/C3H6N4.2ClH/c4-7-2-1-5-6-3-7;;/h1,3H,2,4H2;2*1H. The molecule has 54 valence electrons. The van der Waals surface area contributed by atoms with Gasteiger partial charge in [-0.25, -0.2) is 5.84 Å². The summed E-state index contributed by atoms with van der Waals surface area (Å²) in [6, 6.07) is 0. The minimum atomic E-state index is 0. The summed E-state index contributed by atoms with van der Waals surface area (Å²) in [4.78, 5) is 0. The van der Waals surface area contributed by atoms with Crippen LogP contribution in [0.4, 0.5) is 0 Å². The van der Waals surface area contributed by atoms with Crippen molar-refractivity contribution in [3.8, 4) is 0 Å². The monoisotopic (exact) mass is 170 g/mol. The summed E-state index contributed by atoms with van der Waals surface area (Å²) in [7, 11) is 0. The van der Waals surface area contributed by atoms with Crippen LogP contribution in [-0.2, 0) is 0 Å². The average Bonchev–Trinajstić information content (AvgIpc) is 1.69. The molecule has 1 heterocycles. The number of hydrazine groups is 1. The predicted octanol–water partition coefficient (Wildman–Crippen LogP) is 0.0334.